The number of esters is 1. The highest BCUT2D eigenvalue weighted by Gasteiger charge is 2.25. The summed E-state index contributed by atoms with van der Waals surface area (Å²) in [5, 5.41) is 7.82. The van der Waals surface area contributed by atoms with Crippen LogP contribution in [0.4, 0.5) is 5.69 Å². The first-order chi connectivity index (χ1) is 18.1. The fourth-order valence-corrected chi connectivity index (χ4v) is 6.57. The quantitative estimate of drug-likeness (QED) is 0.246. The molecule has 0 fully saturated rings. The minimum absolute atomic E-state index is 0.0155. The Morgan fingerprint density at radius 1 is 1.26 bits per heavy atom. The van der Waals surface area contributed by atoms with Gasteiger partial charge in [0.2, 0.25) is 11.2 Å². The zero-order valence-electron chi connectivity index (χ0n) is 20.3. The maximum absolute atomic E-state index is 12.7. The van der Waals surface area contributed by atoms with Gasteiger partial charge in [-0.1, -0.05) is 6.07 Å². The first kappa shape index (κ1) is 26.1. The highest BCUT2D eigenvalue weighted by Crippen LogP contribution is 2.41. The Bertz CT molecular complexity index is 1690. The molecule has 3 aromatic heterocycles. The minimum atomic E-state index is -3.70. The minimum Gasteiger partial charge on any atom is -0.469 e. The summed E-state index contributed by atoms with van der Waals surface area (Å²) >= 11 is 7.36. The van der Waals surface area contributed by atoms with Crippen molar-refractivity contribution in [2.24, 2.45) is 0 Å². The molecule has 2 N–H and O–H groups in total. The van der Waals surface area contributed by atoms with Crippen LogP contribution in [0.1, 0.15) is 28.6 Å². The monoisotopic (exact) mass is 575 g/mol. The van der Waals surface area contributed by atoms with Crippen LogP contribution in [-0.4, -0.2) is 60.7 Å². The number of thiophene rings is 1. The van der Waals surface area contributed by atoms with Gasteiger partial charge in [-0.3, -0.25) is 14.6 Å². The second-order valence-corrected chi connectivity index (χ2v) is 12.3. The average Bonchev–Trinajstić information content (AvgIpc) is 3.20. The van der Waals surface area contributed by atoms with Crippen molar-refractivity contribution in [3.63, 3.8) is 0 Å². The van der Waals surface area contributed by atoms with Crippen molar-refractivity contribution in [3.05, 3.63) is 46.3 Å². The summed E-state index contributed by atoms with van der Waals surface area (Å²) < 4.78 is 36.5. The molecule has 0 saturated carbocycles. The molecule has 0 unspecified atom stereocenters. The van der Waals surface area contributed by atoms with Gasteiger partial charge in [-0.15, -0.1) is 11.3 Å². The van der Waals surface area contributed by atoms with Crippen molar-refractivity contribution in [3.8, 4) is 11.6 Å². The molecule has 0 radical (unpaired) electrons. The third-order valence-corrected chi connectivity index (χ3v) is 8.79. The second-order valence-electron chi connectivity index (χ2n) is 8.73. The van der Waals surface area contributed by atoms with Gasteiger partial charge < -0.3 is 20.1 Å². The number of carbonyl (C=O) groups is 2. The predicted molar refractivity (Wildman–Crippen MR) is 144 cm³/mol. The van der Waals surface area contributed by atoms with Crippen LogP contribution >= 0.6 is 22.9 Å². The highest BCUT2D eigenvalue weighted by molar-refractivity contribution is 7.90. The maximum atomic E-state index is 12.7. The number of nitrogens with one attached hydrogen (secondary N) is 2. The second kappa shape index (κ2) is 10.3. The lowest BCUT2D eigenvalue weighted by molar-refractivity contribution is -0.140. The van der Waals surface area contributed by atoms with E-state index in [9.17, 15) is 18.0 Å². The Balaban J connectivity index is 1.47. The van der Waals surface area contributed by atoms with E-state index in [2.05, 4.69) is 30.3 Å². The number of halogens is 1. The lowest BCUT2D eigenvalue weighted by atomic mass is 10.1. The van der Waals surface area contributed by atoms with Crippen LogP contribution in [0.15, 0.2) is 30.6 Å². The third-order valence-electron chi connectivity index (χ3n) is 5.88. The predicted octanol–water partition coefficient (Wildman–Crippen LogP) is 3.71. The summed E-state index contributed by atoms with van der Waals surface area (Å²) in [4.78, 5) is 37.2. The van der Waals surface area contributed by atoms with Gasteiger partial charge in [-0.25, -0.2) is 13.4 Å². The van der Waals surface area contributed by atoms with E-state index in [-0.39, 0.29) is 35.1 Å². The van der Waals surface area contributed by atoms with E-state index in [0.29, 0.717) is 22.7 Å². The van der Waals surface area contributed by atoms with Crippen molar-refractivity contribution in [2.45, 2.75) is 25.1 Å². The van der Waals surface area contributed by atoms with Crippen LogP contribution in [0.25, 0.3) is 21.0 Å². The lowest BCUT2D eigenvalue weighted by Gasteiger charge is -2.12. The molecule has 0 spiro atoms. The number of carbonyl (C=O) groups excluding carboxylic acids is 2. The molecule has 1 aliphatic rings. The standard InChI is InChI=1S/C24H22ClN5O6S2/c1-12-8-26-20-18-16(37-21(20)22(32)29-12)4-3-13-7-15(10-27-19(13)18)36-23-14(9-28-24(25)30-23)11-38(33,34)6-5-17(31)35-2/h3-4,7,9-10,12,26H,5-6,8,11H2,1-2H3,(H,29,32)/t12-/m1/s1. The number of methoxy groups -OCH3 is 1. The number of sulfone groups is 1. The fourth-order valence-electron chi connectivity index (χ4n) is 4.06. The fraction of sp³-hybridized carbons (Fsp3) is 0.292. The Morgan fingerprint density at radius 3 is 2.87 bits per heavy atom. The molecule has 14 heteroatoms. The van der Waals surface area contributed by atoms with E-state index < -0.39 is 27.3 Å². The Kier molecular flexibility index (Phi) is 7.07. The van der Waals surface area contributed by atoms with Crippen molar-refractivity contribution in [1.29, 1.82) is 0 Å². The van der Waals surface area contributed by atoms with Crippen LogP contribution in [0.3, 0.4) is 0 Å². The van der Waals surface area contributed by atoms with Gasteiger partial charge in [-0.2, -0.15) is 4.98 Å². The molecule has 0 bridgehead atoms. The summed E-state index contributed by atoms with van der Waals surface area (Å²) in [7, 11) is -2.51. The molecule has 1 aliphatic heterocycles. The largest absolute Gasteiger partial charge is 0.469 e. The highest BCUT2D eigenvalue weighted by atomic mass is 35.5. The number of fused-ring (bicyclic) bond motifs is 5. The summed E-state index contributed by atoms with van der Waals surface area (Å²) in [6.07, 6.45) is 2.50. The molecule has 198 valence electrons. The van der Waals surface area contributed by atoms with E-state index in [1.807, 2.05) is 19.1 Å². The number of rotatable bonds is 7. The number of amides is 1. The maximum Gasteiger partial charge on any atom is 0.306 e. The zero-order chi connectivity index (χ0) is 27.0. The molecular formula is C24H22ClN5O6S2. The van der Waals surface area contributed by atoms with Gasteiger partial charge in [0.15, 0.2) is 9.84 Å². The smallest absolute Gasteiger partial charge is 0.306 e. The molecule has 4 aromatic rings. The zero-order valence-corrected chi connectivity index (χ0v) is 22.7. The van der Waals surface area contributed by atoms with Crippen molar-refractivity contribution in [1.82, 2.24) is 20.3 Å². The number of nitrogens with zero attached hydrogens (tertiary/aromatic N) is 3. The van der Waals surface area contributed by atoms with Gasteiger partial charge in [0.1, 0.15) is 10.6 Å². The van der Waals surface area contributed by atoms with Crippen LogP contribution < -0.4 is 15.4 Å². The number of ether oxygens (including phenoxy) is 2. The molecule has 0 aliphatic carbocycles. The number of pyridine rings is 1. The Labute approximate surface area is 226 Å². The normalized spacial score (nSPS) is 15.4. The summed E-state index contributed by atoms with van der Waals surface area (Å²) in [5.41, 5.74) is 1.62. The first-order valence-electron chi connectivity index (χ1n) is 11.5. The summed E-state index contributed by atoms with van der Waals surface area (Å²) in [6.45, 7) is 2.52. The van der Waals surface area contributed by atoms with Gasteiger partial charge >= 0.3 is 5.97 Å². The average molecular weight is 576 g/mol. The Morgan fingerprint density at radius 2 is 2.08 bits per heavy atom. The molecule has 4 heterocycles. The molecular weight excluding hydrogens is 554 g/mol. The van der Waals surface area contributed by atoms with Crippen LogP contribution in [0.2, 0.25) is 5.28 Å². The molecule has 0 saturated heterocycles. The molecule has 1 amide bonds. The van der Waals surface area contributed by atoms with E-state index in [0.717, 1.165) is 21.2 Å². The van der Waals surface area contributed by atoms with Crippen LogP contribution in [0.5, 0.6) is 11.6 Å². The van der Waals surface area contributed by atoms with Crippen LogP contribution in [0, 0.1) is 0 Å². The molecule has 38 heavy (non-hydrogen) atoms. The molecule has 11 nitrogen and oxygen atoms in total. The van der Waals surface area contributed by atoms with E-state index in [1.165, 1.54) is 30.8 Å². The summed E-state index contributed by atoms with van der Waals surface area (Å²) in [5.74, 6) is -1.33. The number of hydrogen-bond acceptors (Lipinski definition) is 11. The number of aromatic nitrogens is 3. The number of hydrogen-bond donors (Lipinski definition) is 2. The van der Waals surface area contributed by atoms with Gasteiger partial charge in [0, 0.05) is 39.8 Å². The molecule has 5 rings (SSSR count). The van der Waals surface area contributed by atoms with Crippen molar-refractivity contribution in [2.75, 3.05) is 24.7 Å². The molecule has 1 aromatic carbocycles. The van der Waals surface area contributed by atoms with Gasteiger partial charge in [0.25, 0.3) is 5.91 Å². The molecule has 1 atom stereocenters. The van der Waals surface area contributed by atoms with Crippen molar-refractivity contribution < 1.29 is 27.5 Å². The number of benzene rings is 1. The van der Waals surface area contributed by atoms with E-state index in [4.69, 9.17) is 16.3 Å². The van der Waals surface area contributed by atoms with Gasteiger partial charge in [-0.05, 0) is 30.7 Å². The lowest BCUT2D eigenvalue weighted by Crippen LogP contribution is -2.34. The van der Waals surface area contributed by atoms with Crippen molar-refractivity contribution >= 4 is 71.3 Å². The first-order valence-corrected chi connectivity index (χ1v) is 14.5. The number of anilines is 1. The van der Waals surface area contributed by atoms with Gasteiger partial charge in [0.05, 0.1) is 42.4 Å². The third kappa shape index (κ3) is 5.35. The SMILES string of the molecule is COC(=O)CCS(=O)(=O)Cc1cnc(Cl)nc1Oc1cnc2c(ccc3sc4c(c32)NC[C@@H](C)NC4=O)c1. The topological polar surface area (TPSA) is 149 Å². The summed E-state index contributed by atoms with van der Waals surface area (Å²) in [6, 6.07) is 5.52. The van der Waals surface area contributed by atoms with E-state index >= 15 is 0 Å². The Hall–Kier alpha value is -3.55. The van der Waals surface area contributed by atoms with Crippen LogP contribution in [-0.2, 0) is 25.1 Å². The van der Waals surface area contributed by atoms with E-state index in [1.54, 1.807) is 6.07 Å².